The Morgan fingerprint density at radius 2 is 1.76 bits per heavy atom. The van der Waals surface area contributed by atoms with Gasteiger partial charge in [-0.3, -0.25) is 4.79 Å². The van der Waals surface area contributed by atoms with Crippen LogP contribution >= 0.6 is 0 Å². The minimum absolute atomic E-state index is 0.108. The zero-order valence-electron chi connectivity index (χ0n) is 11.5. The SMILES string of the molecule is Cc1nc(C(N)=O)nc(C(C)(C)C)c1C(C)C. The number of primary amides is 1. The van der Waals surface area contributed by atoms with Gasteiger partial charge in [-0.05, 0) is 18.4 Å². The lowest BCUT2D eigenvalue weighted by Crippen LogP contribution is -2.24. The van der Waals surface area contributed by atoms with Gasteiger partial charge in [0.25, 0.3) is 5.91 Å². The van der Waals surface area contributed by atoms with Crippen molar-refractivity contribution in [1.82, 2.24) is 9.97 Å². The zero-order chi connectivity index (χ0) is 13.4. The minimum Gasteiger partial charge on any atom is -0.363 e. The predicted molar refractivity (Wildman–Crippen MR) is 68.1 cm³/mol. The molecular weight excluding hydrogens is 214 g/mol. The summed E-state index contributed by atoms with van der Waals surface area (Å²) in [7, 11) is 0. The van der Waals surface area contributed by atoms with E-state index < -0.39 is 5.91 Å². The van der Waals surface area contributed by atoms with Crippen LogP contribution in [0.3, 0.4) is 0 Å². The van der Waals surface area contributed by atoms with E-state index in [2.05, 4.69) is 44.6 Å². The Kier molecular flexibility index (Phi) is 3.55. The number of nitrogens with zero attached hydrogens (tertiary/aromatic N) is 2. The number of aryl methyl sites for hydroxylation is 1. The molecule has 94 valence electrons. The molecule has 0 atom stereocenters. The van der Waals surface area contributed by atoms with E-state index in [1.54, 1.807) is 0 Å². The van der Waals surface area contributed by atoms with Gasteiger partial charge in [-0.2, -0.15) is 0 Å². The molecule has 0 fully saturated rings. The highest BCUT2D eigenvalue weighted by Crippen LogP contribution is 2.30. The largest absolute Gasteiger partial charge is 0.363 e. The van der Waals surface area contributed by atoms with Gasteiger partial charge in [0.05, 0.1) is 5.69 Å². The van der Waals surface area contributed by atoms with Crippen LogP contribution in [0.1, 0.15) is 68.1 Å². The van der Waals surface area contributed by atoms with Crippen molar-refractivity contribution in [2.75, 3.05) is 0 Å². The maximum Gasteiger partial charge on any atom is 0.286 e. The van der Waals surface area contributed by atoms with Crippen LogP contribution in [0.25, 0.3) is 0 Å². The van der Waals surface area contributed by atoms with Crippen molar-refractivity contribution in [2.45, 2.75) is 52.9 Å². The minimum atomic E-state index is -0.575. The highest BCUT2D eigenvalue weighted by molar-refractivity contribution is 5.88. The Hall–Kier alpha value is -1.45. The number of hydrogen-bond donors (Lipinski definition) is 1. The van der Waals surface area contributed by atoms with E-state index in [4.69, 9.17) is 5.73 Å². The van der Waals surface area contributed by atoms with E-state index in [0.29, 0.717) is 5.92 Å². The molecule has 0 saturated carbocycles. The molecule has 0 aliphatic carbocycles. The number of nitrogens with two attached hydrogens (primary N) is 1. The number of hydrogen-bond acceptors (Lipinski definition) is 3. The Bertz CT molecular complexity index is 445. The van der Waals surface area contributed by atoms with E-state index in [-0.39, 0.29) is 11.2 Å². The van der Waals surface area contributed by atoms with Gasteiger partial charge in [-0.15, -0.1) is 0 Å². The normalized spacial score (nSPS) is 11.9. The highest BCUT2D eigenvalue weighted by Gasteiger charge is 2.25. The average molecular weight is 235 g/mol. The Morgan fingerprint density at radius 1 is 1.24 bits per heavy atom. The first-order valence-corrected chi connectivity index (χ1v) is 5.83. The quantitative estimate of drug-likeness (QED) is 0.855. The fourth-order valence-corrected chi connectivity index (χ4v) is 1.95. The highest BCUT2D eigenvalue weighted by atomic mass is 16.1. The van der Waals surface area contributed by atoms with E-state index in [0.717, 1.165) is 17.0 Å². The van der Waals surface area contributed by atoms with Gasteiger partial charge in [-0.25, -0.2) is 9.97 Å². The number of carbonyl (C=O) groups is 1. The van der Waals surface area contributed by atoms with E-state index in [1.165, 1.54) is 0 Å². The Morgan fingerprint density at radius 3 is 2.12 bits per heavy atom. The van der Waals surface area contributed by atoms with Crippen molar-refractivity contribution < 1.29 is 4.79 Å². The number of rotatable bonds is 2. The fourth-order valence-electron chi connectivity index (χ4n) is 1.95. The third-order valence-corrected chi connectivity index (χ3v) is 2.64. The predicted octanol–water partition coefficient (Wildman–Crippen LogP) is 2.30. The van der Waals surface area contributed by atoms with Gasteiger partial charge in [0, 0.05) is 11.1 Å². The maximum absolute atomic E-state index is 11.2. The summed E-state index contributed by atoms with van der Waals surface area (Å²) in [5.41, 5.74) is 8.00. The van der Waals surface area contributed by atoms with Crippen molar-refractivity contribution in [3.8, 4) is 0 Å². The van der Waals surface area contributed by atoms with Crippen molar-refractivity contribution >= 4 is 5.91 Å². The monoisotopic (exact) mass is 235 g/mol. The van der Waals surface area contributed by atoms with Crippen LogP contribution in [-0.4, -0.2) is 15.9 Å². The van der Waals surface area contributed by atoms with Crippen LogP contribution < -0.4 is 5.73 Å². The van der Waals surface area contributed by atoms with Crippen LogP contribution in [0.2, 0.25) is 0 Å². The molecule has 0 saturated heterocycles. The smallest absolute Gasteiger partial charge is 0.286 e. The van der Waals surface area contributed by atoms with E-state index >= 15 is 0 Å². The topological polar surface area (TPSA) is 68.9 Å². The van der Waals surface area contributed by atoms with Crippen LogP contribution in [0.5, 0.6) is 0 Å². The third kappa shape index (κ3) is 2.81. The summed E-state index contributed by atoms with van der Waals surface area (Å²) >= 11 is 0. The molecule has 1 aromatic heterocycles. The van der Waals surface area contributed by atoms with Gasteiger partial charge in [0.1, 0.15) is 0 Å². The number of carbonyl (C=O) groups excluding carboxylic acids is 1. The summed E-state index contributed by atoms with van der Waals surface area (Å²) in [6, 6.07) is 0. The first kappa shape index (κ1) is 13.6. The lowest BCUT2D eigenvalue weighted by Gasteiger charge is -2.24. The second-order valence-electron chi connectivity index (χ2n) is 5.66. The molecule has 1 heterocycles. The second-order valence-corrected chi connectivity index (χ2v) is 5.66. The lowest BCUT2D eigenvalue weighted by atomic mass is 9.84. The lowest BCUT2D eigenvalue weighted by molar-refractivity contribution is 0.0989. The number of amides is 1. The molecule has 0 bridgehead atoms. The molecule has 0 radical (unpaired) electrons. The summed E-state index contributed by atoms with van der Waals surface area (Å²) < 4.78 is 0. The molecule has 0 aliphatic heterocycles. The molecule has 0 aliphatic rings. The summed E-state index contributed by atoms with van der Waals surface area (Å²) in [6.07, 6.45) is 0. The average Bonchev–Trinajstić information content (AvgIpc) is 2.14. The van der Waals surface area contributed by atoms with Gasteiger partial charge < -0.3 is 5.73 Å². The molecule has 2 N–H and O–H groups in total. The van der Waals surface area contributed by atoms with E-state index in [1.807, 2.05) is 6.92 Å². The van der Waals surface area contributed by atoms with Crippen molar-refractivity contribution in [2.24, 2.45) is 5.73 Å². The fraction of sp³-hybridized carbons (Fsp3) is 0.615. The third-order valence-electron chi connectivity index (χ3n) is 2.64. The van der Waals surface area contributed by atoms with Gasteiger partial charge >= 0.3 is 0 Å². The van der Waals surface area contributed by atoms with Crippen LogP contribution in [-0.2, 0) is 5.41 Å². The second kappa shape index (κ2) is 4.43. The number of aromatic nitrogens is 2. The molecule has 1 amide bonds. The first-order valence-electron chi connectivity index (χ1n) is 5.83. The van der Waals surface area contributed by atoms with Crippen molar-refractivity contribution in [1.29, 1.82) is 0 Å². The molecule has 17 heavy (non-hydrogen) atoms. The summed E-state index contributed by atoms with van der Waals surface area (Å²) in [4.78, 5) is 19.7. The Balaban J connectivity index is 3.57. The molecule has 4 nitrogen and oxygen atoms in total. The van der Waals surface area contributed by atoms with E-state index in [9.17, 15) is 4.79 Å². The molecule has 1 rings (SSSR count). The molecule has 0 spiro atoms. The zero-order valence-corrected chi connectivity index (χ0v) is 11.5. The maximum atomic E-state index is 11.2. The standard InChI is InChI=1S/C13H21N3O/c1-7(2)9-8(3)15-12(11(14)17)16-10(9)13(4,5)6/h7H,1-6H3,(H2,14,17). The van der Waals surface area contributed by atoms with Gasteiger partial charge in [0.2, 0.25) is 5.82 Å². The Labute approximate surface area is 103 Å². The molecular formula is C13H21N3O. The van der Waals surface area contributed by atoms with Crippen LogP contribution in [0, 0.1) is 6.92 Å². The summed E-state index contributed by atoms with van der Waals surface area (Å²) in [6.45, 7) is 12.3. The van der Waals surface area contributed by atoms with Crippen LogP contribution in [0.15, 0.2) is 0 Å². The first-order chi connectivity index (χ1) is 7.64. The van der Waals surface area contributed by atoms with Gasteiger partial charge in [-0.1, -0.05) is 34.6 Å². The van der Waals surface area contributed by atoms with Crippen molar-refractivity contribution in [3.63, 3.8) is 0 Å². The molecule has 0 unspecified atom stereocenters. The van der Waals surface area contributed by atoms with Crippen molar-refractivity contribution in [3.05, 3.63) is 22.8 Å². The molecule has 0 aromatic carbocycles. The molecule has 4 heteroatoms. The van der Waals surface area contributed by atoms with Gasteiger partial charge in [0.15, 0.2) is 0 Å². The molecule has 1 aromatic rings. The summed E-state index contributed by atoms with van der Waals surface area (Å²) in [5, 5.41) is 0. The van der Waals surface area contributed by atoms with Crippen LogP contribution in [0.4, 0.5) is 0 Å². The summed E-state index contributed by atoms with van der Waals surface area (Å²) in [5.74, 6) is -0.142.